The first-order valence-corrected chi connectivity index (χ1v) is 11.2. The molecule has 0 radical (unpaired) electrons. The van der Waals surface area contributed by atoms with Crippen molar-refractivity contribution in [2.24, 2.45) is 0 Å². The Bertz CT molecular complexity index is 1350. The molecule has 3 aromatic rings. The van der Waals surface area contributed by atoms with Crippen molar-refractivity contribution in [2.45, 2.75) is 13.5 Å². The molecule has 3 rings (SSSR count). The summed E-state index contributed by atoms with van der Waals surface area (Å²) in [6.07, 6.45) is 1.39. The van der Waals surface area contributed by atoms with E-state index in [-0.39, 0.29) is 29.4 Å². The molecule has 0 unspecified atom stereocenters. The molecule has 1 amide bonds. The predicted molar refractivity (Wildman–Crippen MR) is 136 cm³/mol. The summed E-state index contributed by atoms with van der Waals surface area (Å²) in [4.78, 5) is 23.2. The number of ether oxygens (including phenoxy) is 2. The fraction of sp³-hybridized carbons (Fsp3) is 0.120. The molecule has 0 spiro atoms. The molecule has 10 heteroatoms. The fourth-order valence-corrected chi connectivity index (χ4v) is 3.84. The van der Waals surface area contributed by atoms with Crippen molar-refractivity contribution in [1.29, 1.82) is 5.26 Å². The number of nitrogens with zero attached hydrogens (tertiary/aromatic N) is 2. The average molecular weight is 587 g/mol. The van der Waals surface area contributed by atoms with Crippen LogP contribution in [0.4, 0.5) is 15.8 Å². The van der Waals surface area contributed by atoms with Crippen LogP contribution in [0.15, 0.2) is 60.2 Å². The number of nitriles is 1. The zero-order valence-electron chi connectivity index (χ0n) is 18.7. The quantitative estimate of drug-likeness (QED) is 0.118. The smallest absolute Gasteiger partial charge is 0.271 e. The summed E-state index contributed by atoms with van der Waals surface area (Å²) in [6, 6.07) is 15.2. The Hall–Kier alpha value is -3.98. The SMILES string of the molecule is COc1cc(/C=C(\C#N)C(=O)Nc2cc([N+](=O)[O-])ccc2C)cc(I)c1OCc1ccc(F)cc1. The molecule has 0 aliphatic rings. The normalized spacial score (nSPS) is 10.9. The van der Waals surface area contributed by atoms with Crippen molar-refractivity contribution >= 4 is 45.9 Å². The van der Waals surface area contributed by atoms with Crippen LogP contribution in [-0.2, 0) is 11.4 Å². The number of hydrogen-bond acceptors (Lipinski definition) is 6. The highest BCUT2D eigenvalue weighted by Gasteiger charge is 2.16. The number of nitro groups is 1. The summed E-state index contributed by atoms with van der Waals surface area (Å²) in [5.74, 6) is -0.195. The van der Waals surface area contributed by atoms with Crippen LogP contribution in [0.2, 0.25) is 0 Å². The third-order valence-corrected chi connectivity index (χ3v) is 5.71. The first-order chi connectivity index (χ1) is 16.7. The van der Waals surface area contributed by atoms with Gasteiger partial charge in [0.15, 0.2) is 11.5 Å². The van der Waals surface area contributed by atoms with E-state index in [4.69, 9.17) is 9.47 Å². The third kappa shape index (κ3) is 6.54. The van der Waals surface area contributed by atoms with Crippen LogP contribution < -0.4 is 14.8 Å². The molecule has 8 nitrogen and oxygen atoms in total. The molecule has 0 fully saturated rings. The van der Waals surface area contributed by atoms with Crippen molar-refractivity contribution in [1.82, 2.24) is 0 Å². The molecule has 0 aliphatic carbocycles. The minimum Gasteiger partial charge on any atom is -0.493 e. The van der Waals surface area contributed by atoms with E-state index < -0.39 is 10.8 Å². The summed E-state index contributed by atoms with van der Waals surface area (Å²) in [7, 11) is 1.46. The van der Waals surface area contributed by atoms with E-state index in [9.17, 15) is 24.6 Å². The topological polar surface area (TPSA) is 114 Å². The molecule has 0 saturated carbocycles. The highest BCUT2D eigenvalue weighted by molar-refractivity contribution is 14.1. The van der Waals surface area contributed by atoms with Gasteiger partial charge in [-0.2, -0.15) is 5.26 Å². The van der Waals surface area contributed by atoms with E-state index in [1.807, 2.05) is 6.07 Å². The Morgan fingerprint density at radius 3 is 2.57 bits per heavy atom. The number of hydrogen-bond donors (Lipinski definition) is 1. The van der Waals surface area contributed by atoms with E-state index in [1.165, 1.54) is 43.5 Å². The van der Waals surface area contributed by atoms with Crippen LogP contribution in [0.3, 0.4) is 0 Å². The third-order valence-electron chi connectivity index (χ3n) is 4.90. The molecule has 0 aliphatic heterocycles. The number of nitro benzene ring substituents is 1. The maximum atomic E-state index is 13.1. The summed E-state index contributed by atoms with van der Waals surface area (Å²) in [5.41, 5.74) is 1.76. The summed E-state index contributed by atoms with van der Waals surface area (Å²) < 4.78 is 25.1. The van der Waals surface area contributed by atoms with Crippen molar-refractivity contribution in [3.8, 4) is 17.6 Å². The van der Waals surface area contributed by atoms with Gasteiger partial charge in [0.2, 0.25) is 0 Å². The molecule has 35 heavy (non-hydrogen) atoms. The second kappa shape index (κ2) is 11.4. The monoisotopic (exact) mass is 587 g/mol. The Kier molecular flexibility index (Phi) is 8.38. The van der Waals surface area contributed by atoms with E-state index in [0.717, 1.165) is 5.56 Å². The number of rotatable bonds is 8. The van der Waals surface area contributed by atoms with Crippen LogP contribution in [0, 0.1) is 37.8 Å². The van der Waals surface area contributed by atoms with Crippen LogP contribution in [0.1, 0.15) is 16.7 Å². The molecule has 0 heterocycles. The molecular weight excluding hydrogens is 568 g/mol. The number of aryl methyl sites for hydroxylation is 1. The first kappa shape index (κ1) is 25.6. The number of nitrogens with one attached hydrogen (secondary N) is 1. The van der Waals surface area contributed by atoms with Crippen molar-refractivity contribution in [2.75, 3.05) is 12.4 Å². The van der Waals surface area contributed by atoms with Crippen molar-refractivity contribution in [3.63, 3.8) is 0 Å². The van der Waals surface area contributed by atoms with Crippen LogP contribution in [0.25, 0.3) is 6.08 Å². The van der Waals surface area contributed by atoms with Gasteiger partial charge in [-0.15, -0.1) is 0 Å². The Morgan fingerprint density at radius 2 is 1.94 bits per heavy atom. The van der Waals surface area contributed by atoms with Gasteiger partial charge >= 0.3 is 0 Å². The average Bonchev–Trinajstić information content (AvgIpc) is 2.83. The van der Waals surface area contributed by atoms with Crippen LogP contribution >= 0.6 is 22.6 Å². The van der Waals surface area contributed by atoms with Gasteiger partial charge < -0.3 is 14.8 Å². The van der Waals surface area contributed by atoms with E-state index in [2.05, 4.69) is 27.9 Å². The molecule has 0 saturated heterocycles. The van der Waals surface area contributed by atoms with Gasteiger partial charge in [-0.25, -0.2) is 4.39 Å². The summed E-state index contributed by atoms with van der Waals surface area (Å²) >= 11 is 2.05. The number of methoxy groups -OCH3 is 1. The number of anilines is 1. The molecule has 0 aromatic heterocycles. The van der Waals surface area contributed by atoms with Gasteiger partial charge in [-0.1, -0.05) is 18.2 Å². The van der Waals surface area contributed by atoms with Crippen LogP contribution in [0.5, 0.6) is 11.5 Å². The Morgan fingerprint density at radius 1 is 1.23 bits per heavy atom. The maximum Gasteiger partial charge on any atom is 0.271 e. The number of non-ortho nitro benzene ring substituents is 1. The standard InChI is InChI=1S/C25H19FIN3O5/c1-15-3-8-20(30(32)33)12-22(15)29-25(31)18(13-28)9-17-10-21(27)24(23(11-17)34-2)35-14-16-4-6-19(26)7-5-16/h3-12H,14H2,1-2H3,(H,29,31)/b18-9+. The second-order valence-electron chi connectivity index (χ2n) is 7.33. The van der Waals surface area contributed by atoms with E-state index >= 15 is 0 Å². The number of benzene rings is 3. The predicted octanol–water partition coefficient (Wildman–Crippen LogP) is 5.78. The maximum absolute atomic E-state index is 13.1. The minimum absolute atomic E-state index is 0.177. The number of carbonyl (C=O) groups excluding carboxylic acids is 1. The van der Waals surface area contributed by atoms with Crippen molar-refractivity contribution in [3.05, 3.63) is 96.4 Å². The lowest BCUT2D eigenvalue weighted by molar-refractivity contribution is -0.384. The van der Waals surface area contributed by atoms with Gasteiger partial charge in [0.25, 0.3) is 11.6 Å². The summed E-state index contributed by atoms with van der Waals surface area (Å²) in [6.45, 7) is 1.88. The second-order valence-corrected chi connectivity index (χ2v) is 8.49. The molecule has 0 atom stereocenters. The minimum atomic E-state index is -0.707. The van der Waals surface area contributed by atoms with E-state index in [0.29, 0.717) is 26.2 Å². The number of amides is 1. The molecule has 1 N–H and O–H groups in total. The van der Waals surface area contributed by atoms with Gasteiger partial charge in [-0.05, 0) is 76.5 Å². The zero-order chi connectivity index (χ0) is 25.5. The van der Waals surface area contributed by atoms with E-state index in [1.54, 1.807) is 31.2 Å². The van der Waals surface area contributed by atoms with Crippen LogP contribution in [-0.4, -0.2) is 17.9 Å². The Labute approximate surface area is 214 Å². The highest BCUT2D eigenvalue weighted by atomic mass is 127. The van der Waals surface area contributed by atoms with Gasteiger partial charge in [0.05, 0.1) is 21.3 Å². The highest BCUT2D eigenvalue weighted by Crippen LogP contribution is 2.35. The Balaban J connectivity index is 1.84. The number of carbonyl (C=O) groups is 1. The molecular formula is C25H19FIN3O5. The van der Waals surface area contributed by atoms with Gasteiger partial charge in [0, 0.05) is 12.1 Å². The lowest BCUT2D eigenvalue weighted by atomic mass is 10.1. The van der Waals surface area contributed by atoms with Crippen molar-refractivity contribution < 1.29 is 23.6 Å². The lowest BCUT2D eigenvalue weighted by Gasteiger charge is -2.14. The molecule has 3 aromatic carbocycles. The first-order valence-electron chi connectivity index (χ1n) is 10.1. The zero-order valence-corrected chi connectivity index (χ0v) is 20.8. The summed E-state index contributed by atoms with van der Waals surface area (Å²) in [5, 5.41) is 23.1. The fourth-order valence-electron chi connectivity index (χ4n) is 3.06. The van der Waals surface area contributed by atoms with Gasteiger partial charge in [0.1, 0.15) is 24.1 Å². The number of halogens is 2. The molecule has 0 bridgehead atoms. The molecule has 178 valence electrons. The lowest BCUT2D eigenvalue weighted by Crippen LogP contribution is -2.14. The largest absolute Gasteiger partial charge is 0.493 e. The van der Waals surface area contributed by atoms with Gasteiger partial charge in [-0.3, -0.25) is 14.9 Å².